The van der Waals surface area contributed by atoms with E-state index in [1.807, 2.05) is 62.4 Å². The number of hydrogen-bond acceptors (Lipinski definition) is 8. The molecule has 1 aromatic carbocycles. The number of para-hydroxylation sites is 1. The van der Waals surface area contributed by atoms with Crippen LogP contribution in [0.3, 0.4) is 0 Å². The largest absolute Gasteiger partial charge is 0.455 e. The third kappa shape index (κ3) is 5.74. The lowest BCUT2D eigenvalue weighted by Crippen LogP contribution is -2.23. The van der Waals surface area contributed by atoms with Gasteiger partial charge in [0.05, 0.1) is 0 Å². The monoisotopic (exact) mass is 458 g/mol. The Balaban J connectivity index is 1.39. The number of carbonyl (C=O) groups excluding carboxylic acids is 1. The van der Waals surface area contributed by atoms with Crippen molar-refractivity contribution in [3.8, 4) is 6.01 Å². The number of amides is 1. The summed E-state index contributed by atoms with van der Waals surface area (Å²) in [7, 11) is 0. The zero-order valence-corrected chi connectivity index (χ0v) is 19.4. The molecule has 1 amide bonds. The van der Waals surface area contributed by atoms with Crippen LogP contribution in [0.5, 0.6) is 6.01 Å². The molecule has 0 bridgehead atoms. The Morgan fingerprint density at radius 2 is 1.88 bits per heavy atom. The molecule has 0 aliphatic heterocycles. The van der Waals surface area contributed by atoms with E-state index in [-0.39, 0.29) is 24.2 Å². The summed E-state index contributed by atoms with van der Waals surface area (Å²) in [5.41, 5.74) is 3.83. The van der Waals surface area contributed by atoms with E-state index in [4.69, 9.17) is 9.26 Å². The minimum Gasteiger partial charge on any atom is -0.455 e. The summed E-state index contributed by atoms with van der Waals surface area (Å²) in [4.78, 5) is 27.5. The molecule has 0 saturated heterocycles. The summed E-state index contributed by atoms with van der Waals surface area (Å²) in [5.74, 6) is 0.798. The fourth-order valence-corrected chi connectivity index (χ4v) is 3.42. The standard InChI is InChI=1S/C25H26N6O3/c1-4-31(20-8-6-5-7-9-20)23-13-18(3)28-25(29-23)33-16-21-14-22(30-34-21)24(32)27-15-19-10-11-26-17(2)12-19/h5-14H,4,15-16H2,1-3H3,(H,27,32). The third-order valence-electron chi connectivity index (χ3n) is 5.03. The number of pyridine rings is 1. The fourth-order valence-electron chi connectivity index (χ4n) is 3.42. The molecule has 0 spiro atoms. The highest BCUT2D eigenvalue weighted by Gasteiger charge is 2.15. The highest BCUT2D eigenvalue weighted by Crippen LogP contribution is 2.25. The highest BCUT2D eigenvalue weighted by atomic mass is 16.5. The lowest BCUT2D eigenvalue weighted by Gasteiger charge is -2.22. The van der Waals surface area contributed by atoms with E-state index in [0.29, 0.717) is 12.3 Å². The van der Waals surface area contributed by atoms with Gasteiger partial charge in [0.1, 0.15) is 5.82 Å². The van der Waals surface area contributed by atoms with Crippen molar-refractivity contribution in [2.75, 3.05) is 11.4 Å². The predicted molar refractivity (Wildman–Crippen MR) is 127 cm³/mol. The second-order valence-electron chi connectivity index (χ2n) is 7.69. The SMILES string of the molecule is CCN(c1ccccc1)c1cc(C)nc(OCc2cc(C(=O)NCc3ccnc(C)c3)no2)n1. The van der Waals surface area contributed by atoms with Gasteiger partial charge < -0.3 is 19.5 Å². The first-order chi connectivity index (χ1) is 16.5. The lowest BCUT2D eigenvalue weighted by molar-refractivity contribution is 0.0941. The molecule has 0 radical (unpaired) electrons. The van der Waals surface area contributed by atoms with Crippen LogP contribution >= 0.6 is 0 Å². The first-order valence-corrected chi connectivity index (χ1v) is 11.0. The molecule has 0 fully saturated rings. The number of aryl methyl sites for hydroxylation is 2. The van der Waals surface area contributed by atoms with Crippen LogP contribution in [-0.4, -0.2) is 32.6 Å². The maximum absolute atomic E-state index is 12.4. The van der Waals surface area contributed by atoms with Crippen LogP contribution < -0.4 is 15.0 Å². The molecule has 0 aliphatic rings. The quantitative estimate of drug-likeness (QED) is 0.399. The van der Waals surface area contributed by atoms with Gasteiger partial charge in [-0.05, 0) is 50.6 Å². The number of anilines is 2. The molecule has 1 N–H and O–H groups in total. The molecule has 3 aromatic heterocycles. The van der Waals surface area contributed by atoms with Crippen molar-refractivity contribution in [3.63, 3.8) is 0 Å². The number of nitrogens with one attached hydrogen (secondary N) is 1. The molecular formula is C25H26N6O3. The number of rotatable bonds is 9. The Hall–Kier alpha value is -4.27. The third-order valence-corrected chi connectivity index (χ3v) is 5.03. The second kappa shape index (κ2) is 10.6. The number of benzene rings is 1. The smallest absolute Gasteiger partial charge is 0.319 e. The van der Waals surface area contributed by atoms with Crippen molar-refractivity contribution in [2.24, 2.45) is 0 Å². The Morgan fingerprint density at radius 3 is 2.65 bits per heavy atom. The van der Waals surface area contributed by atoms with Crippen molar-refractivity contribution in [3.05, 3.63) is 89.2 Å². The van der Waals surface area contributed by atoms with E-state index < -0.39 is 0 Å². The average Bonchev–Trinajstić information content (AvgIpc) is 3.31. The van der Waals surface area contributed by atoms with Crippen LogP contribution in [-0.2, 0) is 13.2 Å². The number of ether oxygens (including phenoxy) is 1. The summed E-state index contributed by atoms with van der Waals surface area (Å²) in [6.07, 6.45) is 1.71. The van der Waals surface area contributed by atoms with E-state index >= 15 is 0 Å². The van der Waals surface area contributed by atoms with Gasteiger partial charge >= 0.3 is 6.01 Å². The van der Waals surface area contributed by atoms with Crippen molar-refractivity contribution >= 4 is 17.4 Å². The van der Waals surface area contributed by atoms with Crippen LogP contribution in [0.4, 0.5) is 11.5 Å². The summed E-state index contributed by atoms with van der Waals surface area (Å²) in [5, 5.41) is 6.66. The molecule has 0 atom stereocenters. The molecule has 4 rings (SSSR count). The topological polar surface area (TPSA) is 106 Å². The Bertz CT molecular complexity index is 1260. The van der Waals surface area contributed by atoms with Crippen LogP contribution in [0, 0.1) is 13.8 Å². The number of nitrogens with zero attached hydrogens (tertiary/aromatic N) is 5. The summed E-state index contributed by atoms with van der Waals surface area (Å²) < 4.78 is 11.0. The first kappa shape index (κ1) is 22.9. The van der Waals surface area contributed by atoms with Gasteiger partial charge in [0, 0.05) is 48.5 Å². The van der Waals surface area contributed by atoms with Gasteiger partial charge in [0.2, 0.25) is 0 Å². The van der Waals surface area contributed by atoms with Gasteiger partial charge in [-0.15, -0.1) is 0 Å². The molecule has 0 aliphatic carbocycles. The molecule has 0 unspecified atom stereocenters. The Labute approximate surface area is 197 Å². The molecule has 174 valence electrons. The van der Waals surface area contributed by atoms with Crippen LogP contribution in [0.15, 0.2) is 65.3 Å². The normalized spacial score (nSPS) is 10.7. The van der Waals surface area contributed by atoms with E-state index in [0.717, 1.165) is 35.0 Å². The molecule has 3 heterocycles. The second-order valence-corrected chi connectivity index (χ2v) is 7.69. The molecule has 4 aromatic rings. The van der Waals surface area contributed by atoms with Crippen molar-refractivity contribution in [2.45, 2.75) is 33.9 Å². The average molecular weight is 459 g/mol. The van der Waals surface area contributed by atoms with Gasteiger partial charge in [0.15, 0.2) is 18.1 Å². The minimum atomic E-state index is -0.333. The summed E-state index contributed by atoms with van der Waals surface area (Å²) in [6, 6.07) is 17.4. The number of aromatic nitrogens is 4. The summed E-state index contributed by atoms with van der Waals surface area (Å²) in [6.45, 7) is 7.00. The van der Waals surface area contributed by atoms with Gasteiger partial charge in [-0.1, -0.05) is 23.4 Å². The summed E-state index contributed by atoms with van der Waals surface area (Å²) >= 11 is 0. The number of hydrogen-bond donors (Lipinski definition) is 1. The van der Waals surface area contributed by atoms with Gasteiger partial charge in [-0.3, -0.25) is 9.78 Å². The maximum atomic E-state index is 12.4. The van der Waals surface area contributed by atoms with E-state index in [2.05, 4.69) is 37.2 Å². The van der Waals surface area contributed by atoms with Gasteiger partial charge in [0.25, 0.3) is 5.91 Å². The van der Waals surface area contributed by atoms with Crippen molar-refractivity contribution < 1.29 is 14.1 Å². The minimum absolute atomic E-state index is 0.0458. The predicted octanol–water partition coefficient (Wildman–Crippen LogP) is 4.14. The maximum Gasteiger partial charge on any atom is 0.319 e. The molecule has 9 heteroatoms. The lowest BCUT2D eigenvalue weighted by atomic mass is 10.2. The van der Waals surface area contributed by atoms with Crippen LogP contribution in [0.1, 0.15) is 40.1 Å². The first-order valence-electron chi connectivity index (χ1n) is 11.0. The van der Waals surface area contributed by atoms with E-state index in [1.165, 1.54) is 0 Å². The van der Waals surface area contributed by atoms with E-state index in [9.17, 15) is 4.79 Å². The zero-order chi connectivity index (χ0) is 23.9. The van der Waals surface area contributed by atoms with Crippen LogP contribution in [0.2, 0.25) is 0 Å². The Kier molecular flexibility index (Phi) is 7.12. The molecule has 0 saturated carbocycles. The van der Waals surface area contributed by atoms with Gasteiger partial charge in [-0.2, -0.15) is 4.98 Å². The van der Waals surface area contributed by atoms with Crippen LogP contribution in [0.25, 0.3) is 0 Å². The highest BCUT2D eigenvalue weighted by molar-refractivity contribution is 5.92. The fraction of sp³-hybridized carbons (Fsp3) is 0.240. The van der Waals surface area contributed by atoms with E-state index in [1.54, 1.807) is 12.3 Å². The van der Waals surface area contributed by atoms with Crippen molar-refractivity contribution in [1.29, 1.82) is 0 Å². The zero-order valence-electron chi connectivity index (χ0n) is 19.4. The van der Waals surface area contributed by atoms with Crippen molar-refractivity contribution in [1.82, 2.24) is 25.4 Å². The number of carbonyl (C=O) groups is 1. The molecular weight excluding hydrogens is 432 g/mol. The molecule has 9 nitrogen and oxygen atoms in total. The van der Waals surface area contributed by atoms with Gasteiger partial charge in [-0.25, -0.2) is 4.98 Å². The molecule has 34 heavy (non-hydrogen) atoms. The Morgan fingerprint density at radius 1 is 1.06 bits per heavy atom.